The molecule has 1 aromatic rings. The summed E-state index contributed by atoms with van der Waals surface area (Å²) in [5, 5.41) is 3.07. The van der Waals surface area contributed by atoms with Crippen LogP contribution in [-0.2, 0) is 14.6 Å². The van der Waals surface area contributed by atoms with Crippen LogP contribution in [0.25, 0.3) is 0 Å². The summed E-state index contributed by atoms with van der Waals surface area (Å²) in [7, 11) is -3.76. The molecule has 0 bridgehead atoms. The number of carbonyl (C=O) groups excluding carboxylic acids is 1. The lowest BCUT2D eigenvalue weighted by Crippen LogP contribution is -2.54. The van der Waals surface area contributed by atoms with Gasteiger partial charge in [-0.2, -0.15) is 0 Å². The summed E-state index contributed by atoms with van der Waals surface area (Å²) in [5.41, 5.74) is 7.42. The van der Waals surface area contributed by atoms with Crippen molar-refractivity contribution >= 4 is 15.7 Å². The van der Waals surface area contributed by atoms with Crippen LogP contribution in [0.3, 0.4) is 0 Å². The van der Waals surface area contributed by atoms with Crippen LogP contribution in [0.1, 0.15) is 56.1 Å². The van der Waals surface area contributed by atoms with Crippen molar-refractivity contribution in [1.29, 1.82) is 0 Å². The Morgan fingerprint density at radius 1 is 1.19 bits per heavy atom. The Morgan fingerprint density at radius 2 is 1.88 bits per heavy atom. The van der Waals surface area contributed by atoms with Crippen LogP contribution in [0.15, 0.2) is 23.1 Å². The molecule has 3 rings (SSSR count). The van der Waals surface area contributed by atoms with Gasteiger partial charge >= 0.3 is 0 Å². The molecule has 5 nitrogen and oxygen atoms in total. The summed E-state index contributed by atoms with van der Waals surface area (Å²) in [6, 6.07) is 5.43. The zero-order chi connectivity index (χ0) is 18.9. The van der Waals surface area contributed by atoms with Gasteiger partial charge in [-0.15, -0.1) is 0 Å². The summed E-state index contributed by atoms with van der Waals surface area (Å²) in [6.07, 6.45) is 5.24. The molecule has 0 saturated heterocycles. The third-order valence-corrected chi connectivity index (χ3v) is 8.89. The van der Waals surface area contributed by atoms with E-state index in [0.717, 1.165) is 37.7 Å². The molecule has 6 heteroatoms. The van der Waals surface area contributed by atoms with E-state index >= 15 is 0 Å². The molecule has 0 radical (unpaired) electrons. The van der Waals surface area contributed by atoms with Gasteiger partial charge in [-0.05, 0) is 69.2 Å². The van der Waals surface area contributed by atoms with E-state index in [2.05, 4.69) is 5.32 Å². The van der Waals surface area contributed by atoms with E-state index in [1.54, 1.807) is 13.0 Å². The largest absolute Gasteiger partial charge is 0.352 e. The van der Waals surface area contributed by atoms with Crippen molar-refractivity contribution in [3.63, 3.8) is 0 Å². The zero-order valence-electron chi connectivity index (χ0n) is 15.8. The Hall–Kier alpha value is -1.40. The normalized spacial score (nSPS) is 25.3. The predicted octanol–water partition coefficient (Wildman–Crippen LogP) is 2.63. The van der Waals surface area contributed by atoms with E-state index in [1.807, 2.05) is 19.1 Å². The molecule has 2 unspecified atom stereocenters. The number of rotatable bonds is 5. The first-order valence-corrected chi connectivity index (χ1v) is 11.1. The maximum atomic E-state index is 13.6. The number of hydrogen-bond acceptors (Lipinski definition) is 4. The average molecular weight is 379 g/mol. The van der Waals surface area contributed by atoms with E-state index in [4.69, 9.17) is 5.73 Å². The van der Waals surface area contributed by atoms with Crippen LogP contribution < -0.4 is 11.1 Å². The average Bonchev–Trinajstić information content (AvgIpc) is 3.26. The molecule has 0 aromatic heterocycles. The van der Waals surface area contributed by atoms with Gasteiger partial charge in [0.05, 0.1) is 4.90 Å². The van der Waals surface area contributed by atoms with Gasteiger partial charge in [0.25, 0.3) is 0 Å². The van der Waals surface area contributed by atoms with Crippen LogP contribution >= 0.6 is 0 Å². The Balaban J connectivity index is 1.97. The first-order chi connectivity index (χ1) is 12.3. The van der Waals surface area contributed by atoms with Gasteiger partial charge in [-0.1, -0.05) is 31.4 Å². The number of nitrogens with one attached hydrogen (secondary N) is 1. The smallest absolute Gasteiger partial charge is 0.242 e. The van der Waals surface area contributed by atoms with Crippen LogP contribution in [-0.4, -0.2) is 31.7 Å². The first kappa shape index (κ1) is 19.4. The lowest BCUT2D eigenvalue weighted by molar-refractivity contribution is -0.124. The monoisotopic (exact) mass is 378 g/mol. The molecular formula is C20H30N2O3S. The van der Waals surface area contributed by atoms with Crippen molar-refractivity contribution in [2.24, 2.45) is 11.7 Å². The van der Waals surface area contributed by atoms with E-state index in [1.165, 1.54) is 0 Å². The summed E-state index contributed by atoms with van der Waals surface area (Å²) < 4.78 is 25.9. The minimum atomic E-state index is -3.76. The van der Waals surface area contributed by atoms with Gasteiger partial charge in [-0.3, -0.25) is 4.79 Å². The van der Waals surface area contributed by atoms with Gasteiger partial charge in [0, 0.05) is 6.04 Å². The van der Waals surface area contributed by atoms with E-state index in [9.17, 15) is 13.2 Å². The van der Waals surface area contributed by atoms with Gasteiger partial charge in [0.2, 0.25) is 5.91 Å². The molecule has 2 aliphatic rings. The molecule has 144 valence electrons. The number of nitrogens with two attached hydrogens (primary N) is 1. The van der Waals surface area contributed by atoms with E-state index in [0.29, 0.717) is 29.8 Å². The predicted molar refractivity (Wildman–Crippen MR) is 103 cm³/mol. The number of benzene rings is 1. The summed E-state index contributed by atoms with van der Waals surface area (Å²) in [4.78, 5) is 13.6. The first-order valence-electron chi connectivity index (χ1n) is 9.65. The quantitative estimate of drug-likeness (QED) is 0.824. The highest BCUT2D eigenvalue weighted by atomic mass is 32.2. The lowest BCUT2D eigenvalue weighted by atomic mass is 10.0. The fourth-order valence-corrected chi connectivity index (χ4v) is 6.96. The van der Waals surface area contributed by atoms with Crippen molar-refractivity contribution in [1.82, 2.24) is 5.32 Å². The highest BCUT2D eigenvalue weighted by Crippen LogP contribution is 2.42. The molecule has 3 N–H and O–H groups in total. The number of carbonyl (C=O) groups is 1. The second kappa shape index (κ2) is 7.31. The summed E-state index contributed by atoms with van der Waals surface area (Å²) in [5.74, 6) is -0.0675. The number of aryl methyl sites for hydroxylation is 2. The van der Waals surface area contributed by atoms with Crippen molar-refractivity contribution in [3.05, 3.63) is 29.3 Å². The Morgan fingerprint density at radius 3 is 2.54 bits per heavy atom. The molecule has 26 heavy (non-hydrogen) atoms. The second-order valence-electron chi connectivity index (χ2n) is 7.98. The number of hydrogen-bond donors (Lipinski definition) is 2. The topological polar surface area (TPSA) is 89.3 Å². The maximum absolute atomic E-state index is 13.6. The van der Waals surface area contributed by atoms with Crippen molar-refractivity contribution < 1.29 is 13.2 Å². The Bertz CT molecular complexity index is 782. The Labute approximate surface area is 156 Å². The molecule has 0 spiro atoms. The molecule has 2 fully saturated rings. The van der Waals surface area contributed by atoms with Crippen LogP contribution in [0, 0.1) is 19.8 Å². The maximum Gasteiger partial charge on any atom is 0.242 e. The molecule has 0 aliphatic heterocycles. The van der Waals surface area contributed by atoms with Gasteiger partial charge in [-0.25, -0.2) is 8.42 Å². The van der Waals surface area contributed by atoms with Crippen molar-refractivity contribution in [2.45, 2.75) is 74.5 Å². The van der Waals surface area contributed by atoms with E-state index in [-0.39, 0.29) is 17.9 Å². The summed E-state index contributed by atoms with van der Waals surface area (Å²) >= 11 is 0. The van der Waals surface area contributed by atoms with Gasteiger partial charge in [0.1, 0.15) is 0 Å². The zero-order valence-corrected chi connectivity index (χ0v) is 16.6. The summed E-state index contributed by atoms with van der Waals surface area (Å²) in [6.45, 7) is 4.21. The fraction of sp³-hybridized carbons (Fsp3) is 0.650. The SMILES string of the molecule is Cc1ccc(C)c(S(=O)(=O)C2(C(=O)NC3CCCC3CN)CCCC2)c1. The minimum absolute atomic E-state index is 0.00113. The fourth-order valence-electron chi connectivity index (χ4n) is 4.58. The molecule has 2 atom stereocenters. The highest BCUT2D eigenvalue weighted by molar-refractivity contribution is 7.93. The molecule has 2 aliphatic carbocycles. The Kier molecular flexibility index (Phi) is 5.45. The van der Waals surface area contributed by atoms with Gasteiger partial charge < -0.3 is 11.1 Å². The molecule has 1 amide bonds. The minimum Gasteiger partial charge on any atom is -0.352 e. The van der Waals surface area contributed by atoms with Crippen molar-refractivity contribution in [2.75, 3.05) is 6.54 Å². The van der Waals surface area contributed by atoms with Crippen molar-refractivity contribution in [3.8, 4) is 0 Å². The highest BCUT2D eigenvalue weighted by Gasteiger charge is 2.54. The third-order valence-electron chi connectivity index (χ3n) is 6.25. The van der Waals surface area contributed by atoms with E-state index < -0.39 is 14.6 Å². The third kappa shape index (κ3) is 3.18. The van der Waals surface area contributed by atoms with Crippen LogP contribution in [0.2, 0.25) is 0 Å². The van der Waals surface area contributed by atoms with Crippen LogP contribution in [0.4, 0.5) is 0 Å². The second-order valence-corrected chi connectivity index (χ2v) is 10.2. The lowest BCUT2D eigenvalue weighted by Gasteiger charge is -2.31. The molecule has 2 saturated carbocycles. The standard InChI is InChI=1S/C20H30N2O3S/c1-14-8-9-15(2)18(12-14)26(24,25)20(10-3-4-11-20)19(23)22-17-7-5-6-16(17)13-21/h8-9,12,16-17H,3-7,10-11,13,21H2,1-2H3,(H,22,23). The molecule has 0 heterocycles. The van der Waals surface area contributed by atoms with Gasteiger partial charge in [0.15, 0.2) is 14.6 Å². The molecule has 1 aromatic carbocycles. The number of sulfone groups is 1. The van der Waals surface area contributed by atoms with Crippen LogP contribution in [0.5, 0.6) is 0 Å². The molecular weight excluding hydrogens is 348 g/mol. The number of amides is 1.